The van der Waals surface area contributed by atoms with Crippen LogP contribution >= 0.6 is 0 Å². The van der Waals surface area contributed by atoms with Crippen molar-refractivity contribution in [1.82, 2.24) is 14.6 Å². The number of benzene rings is 2. The Hall–Kier alpha value is -2.71. The average Bonchev–Trinajstić information content (AvgIpc) is 3.19. The maximum absolute atomic E-state index is 13.1. The first-order valence-electron chi connectivity index (χ1n) is 9.99. The number of nitrogens with one attached hydrogen (secondary N) is 1. The van der Waals surface area contributed by atoms with E-state index in [-0.39, 0.29) is 16.7 Å². The van der Waals surface area contributed by atoms with Gasteiger partial charge >= 0.3 is 0 Å². The molecule has 1 aliphatic heterocycles. The van der Waals surface area contributed by atoms with Gasteiger partial charge in [0.05, 0.1) is 4.90 Å². The summed E-state index contributed by atoms with van der Waals surface area (Å²) in [5.74, 6) is 0.736. The SMILES string of the molecule is CNS(=O)(=O)c1cc(C(=O)N2CCC(c3nc4ccccc4o3)CC2)cc(C)c1C. The Kier molecular flexibility index (Phi) is 5.38. The van der Waals surface area contributed by atoms with Gasteiger partial charge in [-0.05, 0) is 69.1 Å². The van der Waals surface area contributed by atoms with Gasteiger partial charge in [0, 0.05) is 24.6 Å². The number of hydrogen-bond donors (Lipinski definition) is 1. The molecule has 8 heteroatoms. The molecule has 158 valence electrons. The summed E-state index contributed by atoms with van der Waals surface area (Å²) in [5.41, 5.74) is 3.44. The van der Waals surface area contributed by atoms with E-state index >= 15 is 0 Å². The van der Waals surface area contributed by atoms with Crippen LogP contribution in [-0.2, 0) is 10.0 Å². The zero-order valence-corrected chi connectivity index (χ0v) is 18.1. The zero-order chi connectivity index (χ0) is 21.5. The molecule has 1 N–H and O–H groups in total. The number of hydrogen-bond acceptors (Lipinski definition) is 5. The van der Waals surface area contributed by atoms with Crippen LogP contribution in [0.5, 0.6) is 0 Å². The minimum atomic E-state index is -3.64. The minimum Gasteiger partial charge on any atom is -0.440 e. The third kappa shape index (κ3) is 3.73. The highest BCUT2D eigenvalue weighted by molar-refractivity contribution is 7.89. The van der Waals surface area contributed by atoms with Crippen molar-refractivity contribution in [2.75, 3.05) is 20.1 Å². The van der Waals surface area contributed by atoms with E-state index in [1.54, 1.807) is 17.9 Å². The maximum Gasteiger partial charge on any atom is 0.253 e. The first-order chi connectivity index (χ1) is 14.3. The number of para-hydroxylation sites is 2. The number of carbonyl (C=O) groups excluding carboxylic acids is 1. The predicted octanol–water partition coefficient (Wildman–Crippen LogP) is 3.37. The van der Waals surface area contributed by atoms with Crippen LogP contribution in [0.4, 0.5) is 0 Å². The fraction of sp³-hybridized carbons (Fsp3) is 0.364. The molecule has 1 fully saturated rings. The molecule has 4 rings (SSSR count). The summed E-state index contributed by atoms with van der Waals surface area (Å²) >= 11 is 0. The van der Waals surface area contributed by atoms with Crippen LogP contribution < -0.4 is 4.72 Å². The van der Waals surface area contributed by atoms with Crippen molar-refractivity contribution in [3.63, 3.8) is 0 Å². The van der Waals surface area contributed by atoms with Gasteiger partial charge < -0.3 is 9.32 Å². The molecule has 2 aromatic carbocycles. The van der Waals surface area contributed by atoms with E-state index in [1.807, 2.05) is 31.2 Å². The smallest absolute Gasteiger partial charge is 0.253 e. The second kappa shape index (κ2) is 7.85. The number of nitrogens with zero attached hydrogens (tertiary/aromatic N) is 2. The number of sulfonamides is 1. The molecule has 0 unspecified atom stereocenters. The second-order valence-corrected chi connectivity index (χ2v) is 9.57. The molecular formula is C22H25N3O4S. The van der Waals surface area contributed by atoms with E-state index in [0.29, 0.717) is 24.2 Å². The molecule has 2 heterocycles. The van der Waals surface area contributed by atoms with E-state index in [1.165, 1.54) is 13.1 Å². The summed E-state index contributed by atoms with van der Waals surface area (Å²) in [6.45, 7) is 4.71. The lowest BCUT2D eigenvalue weighted by Gasteiger charge is -2.31. The Morgan fingerprint density at radius 3 is 2.53 bits per heavy atom. The topological polar surface area (TPSA) is 92.5 Å². The highest BCUT2D eigenvalue weighted by atomic mass is 32.2. The highest BCUT2D eigenvalue weighted by Gasteiger charge is 2.28. The van der Waals surface area contributed by atoms with Gasteiger partial charge in [0.1, 0.15) is 5.52 Å². The van der Waals surface area contributed by atoms with Crippen molar-refractivity contribution in [2.45, 2.75) is 37.5 Å². The predicted molar refractivity (Wildman–Crippen MR) is 114 cm³/mol. The van der Waals surface area contributed by atoms with Gasteiger partial charge in [0.2, 0.25) is 10.0 Å². The van der Waals surface area contributed by atoms with Gasteiger partial charge in [0.15, 0.2) is 11.5 Å². The number of oxazole rings is 1. The normalized spacial score (nSPS) is 15.6. The number of rotatable bonds is 4. The van der Waals surface area contributed by atoms with Crippen LogP contribution in [0.25, 0.3) is 11.1 Å². The number of fused-ring (bicyclic) bond motifs is 1. The van der Waals surface area contributed by atoms with E-state index in [0.717, 1.165) is 35.4 Å². The Labute approximate surface area is 176 Å². The summed E-state index contributed by atoms with van der Waals surface area (Å²) < 4.78 is 32.9. The van der Waals surface area contributed by atoms with Gasteiger partial charge in [-0.2, -0.15) is 0 Å². The summed E-state index contributed by atoms with van der Waals surface area (Å²) in [6.07, 6.45) is 1.51. The van der Waals surface area contributed by atoms with Crippen LogP contribution in [0.1, 0.15) is 46.1 Å². The number of piperidine rings is 1. The van der Waals surface area contributed by atoms with Crippen molar-refractivity contribution in [3.8, 4) is 0 Å². The van der Waals surface area contributed by atoms with Crippen molar-refractivity contribution < 1.29 is 17.6 Å². The van der Waals surface area contributed by atoms with Crippen molar-refractivity contribution in [1.29, 1.82) is 0 Å². The number of aromatic nitrogens is 1. The van der Waals surface area contributed by atoms with E-state index in [4.69, 9.17) is 4.42 Å². The standard InChI is InChI=1S/C22H25N3O4S/c1-14-12-17(13-20(15(14)2)30(27,28)23-3)22(26)25-10-8-16(9-11-25)21-24-18-6-4-5-7-19(18)29-21/h4-7,12-13,16,23H,8-11H2,1-3H3. The molecule has 1 saturated heterocycles. The molecule has 0 spiro atoms. The first kappa shape index (κ1) is 20.6. The molecular weight excluding hydrogens is 402 g/mol. The Morgan fingerprint density at radius 1 is 1.17 bits per heavy atom. The monoisotopic (exact) mass is 427 g/mol. The number of aryl methyl sites for hydroxylation is 1. The molecule has 0 atom stereocenters. The van der Waals surface area contributed by atoms with Crippen molar-refractivity contribution in [3.05, 3.63) is 59.0 Å². The fourth-order valence-corrected chi connectivity index (χ4v) is 4.98. The number of carbonyl (C=O) groups is 1. The largest absolute Gasteiger partial charge is 0.440 e. The maximum atomic E-state index is 13.1. The van der Waals surface area contributed by atoms with Crippen molar-refractivity contribution in [2.24, 2.45) is 0 Å². The number of amides is 1. The van der Waals surface area contributed by atoms with Gasteiger partial charge in [-0.15, -0.1) is 0 Å². The average molecular weight is 428 g/mol. The fourth-order valence-electron chi connectivity index (χ4n) is 3.92. The molecule has 0 bridgehead atoms. The Balaban J connectivity index is 1.52. The molecule has 1 amide bonds. The zero-order valence-electron chi connectivity index (χ0n) is 17.3. The molecule has 3 aromatic rings. The van der Waals surface area contributed by atoms with Crippen LogP contribution in [0.3, 0.4) is 0 Å². The number of likely N-dealkylation sites (tertiary alicyclic amines) is 1. The van der Waals surface area contributed by atoms with Crippen LogP contribution in [-0.4, -0.2) is 44.3 Å². The molecule has 7 nitrogen and oxygen atoms in total. The van der Waals surface area contributed by atoms with E-state index in [9.17, 15) is 13.2 Å². The molecule has 0 radical (unpaired) electrons. The molecule has 30 heavy (non-hydrogen) atoms. The third-order valence-corrected chi connectivity index (χ3v) is 7.41. The Bertz CT molecular complexity index is 1180. The summed E-state index contributed by atoms with van der Waals surface area (Å²) in [6, 6.07) is 10.9. The molecule has 1 aromatic heterocycles. The van der Waals surface area contributed by atoms with E-state index in [2.05, 4.69) is 9.71 Å². The Morgan fingerprint density at radius 2 is 1.87 bits per heavy atom. The molecule has 0 saturated carbocycles. The lowest BCUT2D eigenvalue weighted by Crippen LogP contribution is -2.38. The van der Waals surface area contributed by atoms with Gasteiger partial charge in [0.25, 0.3) is 5.91 Å². The molecule has 1 aliphatic rings. The quantitative estimate of drug-likeness (QED) is 0.689. The van der Waals surface area contributed by atoms with Crippen LogP contribution in [0, 0.1) is 13.8 Å². The van der Waals surface area contributed by atoms with Crippen LogP contribution in [0.2, 0.25) is 0 Å². The highest BCUT2D eigenvalue weighted by Crippen LogP contribution is 2.31. The van der Waals surface area contributed by atoms with Crippen molar-refractivity contribution >= 4 is 27.0 Å². The molecule has 0 aliphatic carbocycles. The second-order valence-electron chi connectivity index (χ2n) is 7.71. The summed E-state index contributed by atoms with van der Waals surface area (Å²) in [5, 5.41) is 0. The van der Waals surface area contributed by atoms with Gasteiger partial charge in [-0.3, -0.25) is 4.79 Å². The summed E-state index contributed by atoms with van der Waals surface area (Å²) in [4.78, 5) is 19.6. The van der Waals surface area contributed by atoms with E-state index < -0.39 is 10.0 Å². The van der Waals surface area contributed by atoms with Gasteiger partial charge in [-0.1, -0.05) is 12.1 Å². The lowest BCUT2D eigenvalue weighted by atomic mass is 9.96. The summed E-state index contributed by atoms with van der Waals surface area (Å²) in [7, 11) is -2.27. The lowest BCUT2D eigenvalue weighted by molar-refractivity contribution is 0.0706. The van der Waals surface area contributed by atoms with Gasteiger partial charge in [-0.25, -0.2) is 18.1 Å². The third-order valence-electron chi connectivity index (χ3n) is 5.87. The van der Waals surface area contributed by atoms with Crippen LogP contribution in [0.15, 0.2) is 45.7 Å². The first-order valence-corrected chi connectivity index (χ1v) is 11.5. The minimum absolute atomic E-state index is 0.148.